The van der Waals surface area contributed by atoms with Gasteiger partial charge in [0, 0.05) is 13.1 Å². The van der Waals surface area contributed by atoms with Crippen molar-refractivity contribution in [3.63, 3.8) is 0 Å². The van der Waals surface area contributed by atoms with Crippen LogP contribution < -0.4 is 5.32 Å². The molecule has 0 amide bonds. The molecular weight excluding hydrogens is 241 g/mol. The normalized spacial score (nSPS) is 12.3. The maximum Gasteiger partial charge on any atom is 0.123 e. The van der Waals surface area contributed by atoms with Crippen LogP contribution in [-0.2, 0) is 13.0 Å². The lowest BCUT2D eigenvalue weighted by atomic mass is 10.1. The number of aliphatic hydroxyl groups is 1. The summed E-state index contributed by atoms with van der Waals surface area (Å²) in [6.07, 6.45) is 0.222. The molecule has 0 spiro atoms. The van der Waals surface area contributed by atoms with E-state index in [4.69, 9.17) is 0 Å². The molecule has 0 radical (unpaired) electrons. The van der Waals surface area contributed by atoms with Crippen LogP contribution in [0.3, 0.4) is 0 Å². The summed E-state index contributed by atoms with van der Waals surface area (Å²) in [6, 6.07) is 16.3. The minimum absolute atomic E-state index is 0.229. The Balaban J connectivity index is 1.72. The van der Waals surface area contributed by atoms with Crippen LogP contribution >= 0.6 is 0 Å². The molecule has 2 N–H and O–H groups in total. The maximum absolute atomic E-state index is 12.7. The lowest BCUT2D eigenvalue weighted by Crippen LogP contribution is -2.28. The number of aliphatic hydroxyl groups excluding tert-OH is 1. The highest BCUT2D eigenvalue weighted by Gasteiger charge is 2.04. The predicted molar refractivity (Wildman–Crippen MR) is 74.3 cm³/mol. The average Bonchev–Trinajstić information content (AvgIpc) is 2.42. The van der Waals surface area contributed by atoms with Gasteiger partial charge < -0.3 is 10.4 Å². The van der Waals surface area contributed by atoms with Gasteiger partial charge in [-0.25, -0.2) is 4.39 Å². The van der Waals surface area contributed by atoms with Gasteiger partial charge in [0.15, 0.2) is 0 Å². The van der Waals surface area contributed by atoms with Crippen molar-refractivity contribution in [1.29, 1.82) is 0 Å². The average molecular weight is 259 g/mol. The fourth-order valence-electron chi connectivity index (χ4n) is 1.94. The zero-order valence-corrected chi connectivity index (χ0v) is 10.7. The van der Waals surface area contributed by atoms with Crippen molar-refractivity contribution in [3.05, 3.63) is 71.5 Å². The monoisotopic (exact) mass is 259 g/mol. The predicted octanol–water partition coefficient (Wildman–Crippen LogP) is 2.52. The molecule has 2 aromatic rings. The van der Waals surface area contributed by atoms with E-state index in [1.807, 2.05) is 30.3 Å². The molecule has 0 fully saturated rings. The first kappa shape index (κ1) is 13.7. The second-order valence-electron chi connectivity index (χ2n) is 4.60. The van der Waals surface area contributed by atoms with Crippen LogP contribution in [-0.4, -0.2) is 17.8 Å². The van der Waals surface area contributed by atoms with E-state index in [0.717, 1.165) is 11.1 Å². The molecular formula is C16H18FNO. The maximum atomic E-state index is 12.7. The molecule has 0 saturated carbocycles. The van der Waals surface area contributed by atoms with Crippen LogP contribution in [0, 0.1) is 5.82 Å². The molecule has 0 aliphatic carbocycles. The van der Waals surface area contributed by atoms with E-state index >= 15 is 0 Å². The van der Waals surface area contributed by atoms with E-state index in [2.05, 4.69) is 5.32 Å². The molecule has 2 aromatic carbocycles. The minimum Gasteiger partial charge on any atom is -0.391 e. The quantitative estimate of drug-likeness (QED) is 0.835. The third kappa shape index (κ3) is 4.81. The molecule has 0 aliphatic rings. The van der Waals surface area contributed by atoms with E-state index in [1.165, 1.54) is 12.1 Å². The fraction of sp³-hybridized carbons (Fsp3) is 0.250. The van der Waals surface area contributed by atoms with Crippen LogP contribution in [0.2, 0.25) is 0 Å². The summed E-state index contributed by atoms with van der Waals surface area (Å²) in [4.78, 5) is 0. The van der Waals surface area contributed by atoms with Gasteiger partial charge in [-0.3, -0.25) is 0 Å². The highest BCUT2D eigenvalue weighted by Crippen LogP contribution is 2.04. The first-order valence-corrected chi connectivity index (χ1v) is 6.41. The van der Waals surface area contributed by atoms with Crippen LogP contribution in [0.15, 0.2) is 54.6 Å². The fourth-order valence-corrected chi connectivity index (χ4v) is 1.94. The lowest BCUT2D eigenvalue weighted by Gasteiger charge is -2.12. The Morgan fingerprint density at radius 3 is 2.32 bits per heavy atom. The highest BCUT2D eigenvalue weighted by molar-refractivity contribution is 5.16. The third-order valence-corrected chi connectivity index (χ3v) is 2.94. The Hall–Kier alpha value is -1.71. The highest BCUT2D eigenvalue weighted by atomic mass is 19.1. The third-order valence-electron chi connectivity index (χ3n) is 2.94. The Morgan fingerprint density at radius 2 is 1.63 bits per heavy atom. The topological polar surface area (TPSA) is 32.3 Å². The molecule has 0 bridgehead atoms. The largest absolute Gasteiger partial charge is 0.391 e. The number of halogens is 1. The Morgan fingerprint density at radius 1 is 0.947 bits per heavy atom. The van der Waals surface area contributed by atoms with Crippen LogP contribution in [0.25, 0.3) is 0 Å². The summed E-state index contributed by atoms with van der Waals surface area (Å²) in [6.45, 7) is 1.15. The number of hydrogen-bond acceptors (Lipinski definition) is 2. The molecule has 2 nitrogen and oxygen atoms in total. The van der Waals surface area contributed by atoms with Gasteiger partial charge in [0.05, 0.1) is 6.10 Å². The van der Waals surface area contributed by atoms with E-state index < -0.39 is 6.10 Å². The Kier molecular flexibility index (Phi) is 5.07. The molecule has 3 heteroatoms. The summed E-state index contributed by atoms with van der Waals surface area (Å²) >= 11 is 0. The van der Waals surface area contributed by atoms with Crippen molar-refractivity contribution in [2.45, 2.75) is 19.1 Å². The van der Waals surface area contributed by atoms with Crippen LogP contribution in [0.1, 0.15) is 11.1 Å². The first-order chi connectivity index (χ1) is 9.24. The molecule has 2 rings (SSSR count). The van der Waals surface area contributed by atoms with Crippen molar-refractivity contribution >= 4 is 0 Å². The Bertz CT molecular complexity index is 484. The minimum atomic E-state index is -0.414. The number of rotatable bonds is 6. The smallest absolute Gasteiger partial charge is 0.123 e. The van der Waals surface area contributed by atoms with Gasteiger partial charge in [-0.1, -0.05) is 42.5 Å². The first-order valence-electron chi connectivity index (χ1n) is 6.41. The van der Waals surface area contributed by atoms with Gasteiger partial charge in [0.1, 0.15) is 5.82 Å². The zero-order valence-electron chi connectivity index (χ0n) is 10.7. The van der Waals surface area contributed by atoms with E-state index in [9.17, 15) is 9.50 Å². The molecule has 1 atom stereocenters. The molecule has 1 unspecified atom stereocenters. The molecule has 0 saturated heterocycles. The summed E-state index contributed by atoms with van der Waals surface area (Å²) in [5, 5.41) is 13.1. The molecule has 0 aromatic heterocycles. The summed E-state index contributed by atoms with van der Waals surface area (Å²) < 4.78 is 12.7. The number of nitrogens with one attached hydrogen (secondary N) is 1. The van der Waals surface area contributed by atoms with Crippen molar-refractivity contribution in [3.8, 4) is 0 Å². The van der Waals surface area contributed by atoms with E-state index in [-0.39, 0.29) is 5.82 Å². The van der Waals surface area contributed by atoms with Crippen molar-refractivity contribution < 1.29 is 9.50 Å². The van der Waals surface area contributed by atoms with Gasteiger partial charge in [-0.2, -0.15) is 0 Å². The van der Waals surface area contributed by atoms with Gasteiger partial charge >= 0.3 is 0 Å². The van der Waals surface area contributed by atoms with Crippen molar-refractivity contribution in [1.82, 2.24) is 5.32 Å². The summed E-state index contributed by atoms with van der Waals surface area (Å²) in [7, 11) is 0. The van der Waals surface area contributed by atoms with Crippen molar-refractivity contribution in [2.24, 2.45) is 0 Å². The van der Waals surface area contributed by atoms with Gasteiger partial charge in [-0.15, -0.1) is 0 Å². The molecule has 0 aliphatic heterocycles. The van der Waals surface area contributed by atoms with E-state index in [1.54, 1.807) is 12.1 Å². The second-order valence-corrected chi connectivity index (χ2v) is 4.60. The lowest BCUT2D eigenvalue weighted by molar-refractivity contribution is 0.171. The van der Waals surface area contributed by atoms with Gasteiger partial charge in [0.2, 0.25) is 0 Å². The molecule has 0 heterocycles. The Labute approximate surface area is 112 Å². The SMILES string of the molecule is OC(CNCc1ccc(F)cc1)Cc1ccccc1. The standard InChI is InChI=1S/C16H18FNO/c17-15-8-6-14(7-9-15)11-18-12-16(19)10-13-4-2-1-3-5-13/h1-9,16,18-19H,10-12H2. The van der Waals surface area contributed by atoms with Gasteiger partial charge in [-0.05, 0) is 29.7 Å². The summed E-state index contributed by atoms with van der Waals surface area (Å²) in [5.74, 6) is -0.229. The summed E-state index contributed by atoms with van der Waals surface area (Å²) in [5.41, 5.74) is 2.13. The van der Waals surface area contributed by atoms with E-state index in [0.29, 0.717) is 19.5 Å². The van der Waals surface area contributed by atoms with Crippen LogP contribution in [0.4, 0.5) is 4.39 Å². The molecule has 19 heavy (non-hydrogen) atoms. The second kappa shape index (κ2) is 7.02. The number of hydrogen-bond donors (Lipinski definition) is 2. The van der Waals surface area contributed by atoms with Gasteiger partial charge in [0.25, 0.3) is 0 Å². The zero-order chi connectivity index (χ0) is 13.5. The number of benzene rings is 2. The van der Waals surface area contributed by atoms with Crippen LogP contribution in [0.5, 0.6) is 0 Å². The van der Waals surface area contributed by atoms with Crippen molar-refractivity contribution in [2.75, 3.05) is 6.54 Å². The molecule has 100 valence electrons.